The van der Waals surface area contributed by atoms with E-state index in [-0.39, 0.29) is 0 Å². The molecule has 0 N–H and O–H groups in total. The topological polar surface area (TPSA) is 0 Å². The molecule has 0 radical (unpaired) electrons. The highest BCUT2D eigenvalue weighted by Gasteiger charge is 2.36. The molecule has 0 amide bonds. The molecular weight excluding hydrogens is 561 g/mol. The van der Waals surface area contributed by atoms with Crippen LogP contribution in [0.25, 0.3) is 0 Å². The summed E-state index contributed by atoms with van der Waals surface area (Å²) in [5.41, 5.74) is 3.49. The first-order valence-electron chi connectivity index (χ1n) is 20.0. The van der Waals surface area contributed by atoms with Gasteiger partial charge in [0, 0.05) is 10.5 Å². The lowest BCUT2D eigenvalue weighted by Crippen LogP contribution is -2.31. The number of allylic oxidation sites excluding steroid dienone is 4. The van der Waals surface area contributed by atoms with E-state index in [0.29, 0.717) is 17.8 Å². The Kier molecular flexibility index (Phi) is 16.2. The molecule has 2 aliphatic carbocycles. The van der Waals surface area contributed by atoms with E-state index in [1.807, 2.05) is 0 Å². The summed E-state index contributed by atoms with van der Waals surface area (Å²) in [6.07, 6.45) is 35.0. The van der Waals surface area contributed by atoms with Crippen LogP contribution in [0.15, 0.2) is 48.6 Å². The highest BCUT2D eigenvalue weighted by atomic mass is 32.2. The summed E-state index contributed by atoms with van der Waals surface area (Å²) in [4.78, 5) is 0. The van der Waals surface area contributed by atoms with E-state index in [1.165, 1.54) is 109 Å². The van der Waals surface area contributed by atoms with Gasteiger partial charge in [-0.05, 0) is 110 Å². The van der Waals surface area contributed by atoms with Gasteiger partial charge in [0.2, 0.25) is 0 Å². The summed E-state index contributed by atoms with van der Waals surface area (Å²) < 4.78 is 0. The predicted octanol–water partition coefficient (Wildman–Crippen LogP) is 14.0. The maximum atomic E-state index is 2.63. The lowest BCUT2D eigenvalue weighted by molar-refractivity contribution is 0.195. The van der Waals surface area contributed by atoms with Gasteiger partial charge in [0.15, 0.2) is 0 Å². The molecule has 1 aliphatic heterocycles. The van der Waals surface area contributed by atoms with E-state index < -0.39 is 0 Å². The maximum absolute atomic E-state index is 2.63. The molecule has 3 aliphatic rings. The minimum atomic E-state index is 0.702. The van der Waals surface area contributed by atoms with E-state index >= 15 is 0 Å². The van der Waals surface area contributed by atoms with Crippen molar-refractivity contribution in [2.75, 3.05) is 0 Å². The highest BCUT2D eigenvalue weighted by molar-refractivity contribution is 8.00. The minimum absolute atomic E-state index is 0.702. The third kappa shape index (κ3) is 11.0. The summed E-state index contributed by atoms with van der Waals surface area (Å²) >= 11 is 2.38. The quantitative estimate of drug-likeness (QED) is 0.163. The molecule has 4 rings (SSSR count). The van der Waals surface area contributed by atoms with Crippen LogP contribution < -0.4 is 0 Å². The fourth-order valence-corrected chi connectivity index (χ4v) is 11.4. The number of benzene rings is 1. The highest BCUT2D eigenvalue weighted by Crippen LogP contribution is 2.48. The number of rotatable bonds is 12. The molecule has 2 fully saturated rings. The molecule has 0 nitrogen and oxygen atoms in total. The van der Waals surface area contributed by atoms with Gasteiger partial charge in [-0.25, -0.2) is 0 Å². The summed E-state index contributed by atoms with van der Waals surface area (Å²) in [7, 11) is 0. The maximum Gasteiger partial charge on any atom is 0.0121 e. The molecule has 45 heavy (non-hydrogen) atoms. The largest absolute Gasteiger partial charge is 0.155 e. The Morgan fingerprint density at radius 1 is 0.800 bits per heavy atom. The van der Waals surface area contributed by atoms with Gasteiger partial charge in [0.1, 0.15) is 0 Å². The van der Waals surface area contributed by atoms with Crippen molar-refractivity contribution in [3.63, 3.8) is 0 Å². The van der Waals surface area contributed by atoms with Gasteiger partial charge in [-0.3, -0.25) is 0 Å². The molecule has 8 unspecified atom stereocenters. The van der Waals surface area contributed by atoms with Crippen LogP contribution >= 0.6 is 11.8 Å². The van der Waals surface area contributed by atoms with E-state index in [1.54, 1.807) is 11.1 Å². The Morgan fingerprint density at radius 2 is 1.53 bits per heavy atom. The first-order valence-corrected chi connectivity index (χ1v) is 21.0. The zero-order chi connectivity index (χ0) is 32.0. The van der Waals surface area contributed by atoms with Crippen molar-refractivity contribution in [2.24, 2.45) is 41.4 Å². The SMILES string of the molecule is CCCCC(C(C)C)C(c1ccccc1CC1CCCCCC1)C1CCC(CC)CC(C2C=CCC=CC2CC)SC(C)CC1. The van der Waals surface area contributed by atoms with Crippen molar-refractivity contribution < 1.29 is 0 Å². The van der Waals surface area contributed by atoms with Gasteiger partial charge in [-0.1, -0.05) is 154 Å². The van der Waals surface area contributed by atoms with Crippen LogP contribution in [-0.4, -0.2) is 10.5 Å². The standard InChI is InChI=1S/C44H72S/c1-7-10-24-40(33(4)5)44(42-26-19-18-23-39(42)31-36-20-14-11-12-15-21-36)38-29-27-34(6)45-43(32-35(8-2)28-30-38)41-25-17-13-16-22-37(41)9-3/h16-19,22-23,25-26,33-38,40-41,43-44H,7-15,20-21,24,27-32H2,1-6H3. The lowest BCUT2D eigenvalue weighted by atomic mass is 9.66. The molecule has 1 heteroatoms. The lowest BCUT2D eigenvalue weighted by Gasteiger charge is -2.41. The summed E-state index contributed by atoms with van der Waals surface area (Å²) in [5.74, 6) is 6.20. The average molecular weight is 633 g/mol. The second-order valence-electron chi connectivity index (χ2n) is 16.0. The second-order valence-corrected chi connectivity index (χ2v) is 17.7. The van der Waals surface area contributed by atoms with Gasteiger partial charge in [0.25, 0.3) is 0 Å². The molecule has 254 valence electrons. The fraction of sp³-hybridized carbons (Fsp3) is 0.773. The van der Waals surface area contributed by atoms with Crippen LogP contribution in [0.1, 0.15) is 168 Å². The molecule has 8 atom stereocenters. The molecule has 1 aromatic carbocycles. The molecule has 1 heterocycles. The van der Waals surface area contributed by atoms with Gasteiger partial charge >= 0.3 is 0 Å². The Bertz CT molecular complexity index is 996. The van der Waals surface area contributed by atoms with Gasteiger partial charge in [0.05, 0.1) is 0 Å². The Morgan fingerprint density at radius 3 is 2.24 bits per heavy atom. The molecule has 0 aromatic heterocycles. The van der Waals surface area contributed by atoms with Crippen molar-refractivity contribution >= 4 is 11.8 Å². The Balaban J connectivity index is 1.64. The van der Waals surface area contributed by atoms with Crippen LogP contribution in [-0.2, 0) is 6.42 Å². The second kappa shape index (κ2) is 19.8. The van der Waals surface area contributed by atoms with Gasteiger partial charge in [-0.2, -0.15) is 11.8 Å². The number of unbranched alkanes of at least 4 members (excludes halogenated alkanes) is 1. The Hall–Kier alpha value is -0.950. The van der Waals surface area contributed by atoms with Crippen LogP contribution in [0.4, 0.5) is 0 Å². The third-order valence-electron chi connectivity index (χ3n) is 12.5. The van der Waals surface area contributed by atoms with Crippen LogP contribution in [0.3, 0.4) is 0 Å². The first kappa shape index (κ1) is 36.9. The van der Waals surface area contributed by atoms with Crippen LogP contribution in [0.2, 0.25) is 0 Å². The van der Waals surface area contributed by atoms with Crippen molar-refractivity contribution in [3.8, 4) is 0 Å². The number of hydrogen-bond acceptors (Lipinski definition) is 1. The van der Waals surface area contributed by atoms with Gasteiger partial charge in [-0.15, -0.1) is 0 Å². The van der Waals surface area contributed by atoms with E-state index in [2.05, 4.69) is 102 Å². The predicted molar refractivity (Wildman–Crippen MR) is 203 cm³/mol. The smallest absolute Gasteiger partial charge is 0.0121 e. The molecule has 1 saturated heterocycles. The van der Waals surface area contributed by atoms with Crippen LogP contribution in [0.5, 0.6) is 0 Å². The van der Waals surface area contributed by atoms with Gasteiger partial charge < -0.3 is 0 Å². The zero-order valence-corrected chi connectivity index (χ0v) is 31.3. The molecule has 1 aromatic rings. The van der Waals surface area contributed by atoms with E-state index in [9.17, 15) is 0 Å². The molecule has 1 saturated carbocycles. The van der Waals surface area contributed by atoms with Crippen molar-refractivity contribution in [1.29, 1.82) is 0 Å². The monoisotopic (exact) mass is 633 g/mol. The zero-order valence-electron chi connectivity index (χ0n) is 30.5. The summed E-state index contributed by atoms with van der Waals surface area (Å²) in [6.45, 7) is 15.0. The fourth-order valence-electron chi connectivity index (χ4n) is 9.66. The normalized spacial score (nSPS) is 30.5. The number of hydrogen-bond donors (Lipinski definition) is 0. The molecule has 0 spiro atoms. The van der Waals surface area contributed by atoms with Crippen molar-refractivity contribution in [3.05, 3.63) is 59.7 Å². The van der Waals surface area contributed by atoms with Crippen LogP contribution in [0, 0.1) is 41.4 Å². The molecular formula is C44H72S. The average Bonchev–Trinajstić information content (AvgIpc) is 3.45. The minimum Gasteiger partial charge on any atom is -0.155 e. The summed E-state index contributed by atoms with van der Waals surface area (Å²) in [5, 5.41) is 1.50. The number of thioether (sulfide) groups is 1. The summed E-state index contributed by atoms with van der Waals surface area (Å²) in [6, 6.07) is 9.93. The third-order valence-corrected chi connectivity index (χ3v) is 14.0. The van der Waals surface area contributed by atoms with Crippen molar-refractivity contribution in [1.82, 2.24) is 0 Å². The van der Waals surface area contributed by atoms with E-state index in [4.69, 9.17) is 0 Å². The first-order chi connectivity index (χ1) is 21.9. The van der Waals surface area contributed by atoms with E-state index in [0.717, 1.165) is 46.5 Å². The van der Waals surface area contributed by atoms with Crippen molar-refractivity contribution in [2.45, 2.75) is 174 Å². The Labute approximate surface area is 285 Å². The molecule has 0 bridgehead atoms.